The SMILES string of the molecule is CC[P+](Oc1c(C)cc(C(C)(C)C)cc1C(C)(C)C)(Oc1c(C)cc(C(C)(C)C)cc1C(C)(C)C)Oc1c(C)cc(C(C)(C)C)cc1C(C)(C)C. The first kappa shape index (κ1) is 42.9. The summed E-state index contributed by atoms with van der Waals surface area (Å²) in [5, 5.41) is 0. The third-order valence-corrected chi connectivity index (χ3v) is 12.1. The maximum Gasteiger partial charge on any atom is 0.541 e. The fraction of sp³-hybridized carbons (Fsp3) is 0.617. The lowest BCUT2D eigenvalue weighted by atomic mass is 9.79. The van der Waals surface area contributed by atoms with Gasteiger partial charge in [0.05, 0.1) is 0 Å². The van der Waals surface area contributed by atoms with Crippen molar-refractivity contribution in [1.29, 1.82) is 0 Å². The van der Waals surface area contributed by atoms with Gasteiger partial charge in [-0.3, -0.25) is 13.6 Å². The minimum atomic E-state index is -3.18. The maximum atomic E-state index is 7.52. The molecular formula is C47H74O3P+. The molecule has 0 fully saturated rings. The van der Waals surface area contributed by atoms with Crippen LogP contribution in [0.5, 0.6) is 17.2 Å². The third kappa shape index (κ3) is 9.93. The minimum absolute atomic E-state index is 0.00563. The van der Waals surface area contributed by atoms with Crippen LogP contribution < -0.4 is 13.6 Å². The Kier molecular flexibility index (Phi) is 11.8. The molecule has 0 bridgehead atoms. The van der Waals surface area contributed by atoms with Crippen molar-refractivity contribution in [3.05, 3.63) is 86.5 Å². The van der Waals surface area contributed by atoms with Crippen molar-refractivity contribution in [2.75, 3.05) is 6.16 Å². The first-order chi connectivity index (χ1) is 22.7. The molecule has 0 amide bonds. The summed E-state index contributed by atoms with van der Waals surface area (Å²) < 4.78 is 22.6. The summed E-state index contributed by atoms with van der Waals surface area (Å²) >= 11 is 0. The maximum absolute atomic E-state index is 7.52. The van der Waals surface area contributed by atoms with Gasteiger partial charge in [0.25, 0.3) is 0 Å². The van der Waals surface area contributed by atoms with E-state index in [1.807, 2.05) is 0 Å². The number of benzene rings is 3. The molecule has 0 N–H and O–H groups in total. The summed E-state index contributed by atoms with van der Waals surface area (Å²) in [7, 11) is -3.18. The first-order valence-electron chi connectivity index (χ1n) is 19.1. The highest BCUT2D eigenvalue weighted by Gasteiger charge is 2.52. The van der Waals surface area contributed by atoms with Crippen LogP contribution in [-0.4, -0.2) is 6.16 Å². The normalized spacial score (nSPS) is 13.8. The van der Waals surface area contributed by atoms with Crippen LogP contribution in [0.4, 0.5) is 0 Å². The summed E-state index contributed by atoms with van der Waals surface area (Å²) in [4.78, 5) is 0. The Morgan fingerprint density at radius 1 is 0.373 bits per heavy atom. The van der Waals surface area contributed by atoms with E-state index in [2.05, 4.69) is 189 Å². The van der Waals surface area contributed by atoms with Crippen molar-refractivity contribution in [2.45, 2.75) is 185 Å². The van der Waals surface area contributed by atoms with Gasteiger partial charge in [-0.05, 0) is 93.6 Å². The molecule has 4 heteroatoms. The zero-order valence-electron chi connectivity index (χ0n) is 36.8. The van der Waals surface area contributed by atoms with Gasteiger partial charge in [-0.15, -0.1) is 0 Å². The van der Waals surface area contributed by atoms with Crippen LogP contribution in [-0.2, 0) is 32.5 Å². The Morgan fingerprint density at radius 2 is 0.588 bits per heavy atom. The lowest BCUT2D eigenvalue weighted by Gasteiger charge is -2.33. The van der Waals surface area contributed by atoms with Gasteiger partial charge < -0.3 is 0 Å². The fourth-order valence-corrected chi connectivity index (χ4v) is 8.38. The van der Waals surface area contributed by atoms with Crippen molar-refractivity contribution in [3.8, 4) is 17.2 Å². The second-order valence-corrected chi connectivity index (χ2v) is 23.6. The molecule has 284 valence electrons. The van der Waals surface area contributed by atoms with Crippen LogP contribution in [0.15, 0.2) is 36.4 Å². The lowest BCUT2D eigenvalue weighted by molar-refractivity contribution is 0.339. The molecule has 3 aromatic rings. The highest BCUT2D eigenvalue weighted by molar-refractivity contribution is 7.62. The van der Waals surface area contributed by atoms with Gasteiger partial charge in [-0.2, -0.15) is 0 Å². The molecule has 0 heterocycles. The summed E-state index contributed by atoms with van der Waals surface area (Å²) in [6, 6.07) is 13.9. The quantitative estimate of drug-likeness (QED) is 0.228. The number of hydrogen-bond donors (Lipinski definition) is 0. The van der Waals surface area contributed by atoms with Gasteiger partial charge in [0.2, 0.25) is 0 Å². The summed E-state index contributed by atoms with van der Waals surface area (Å²) in [5.74, 6) is 2.61. The van der Waals surface area contributed by atoms with Crippen molar-refractivity contribution in [3.63, 3.8) is 0 Å². The molecule has 0 aliphatic carbocycles. The minimum Gasteiger partial charge on any atom is -0.271 e. The molecule has 0 aliphatic rings. The second-order valence-electron chi connectivity index (χ2n) is 21.2. The Labute approximate surface area is 315 Å². The van der Waals surface area contributed by atoms with E-state index in [0.29, 0.717) is 6.16 Å². The number of hydrogen-bond acceptors (Lipinski definition) is 3. The third-order valence-electron chi connectivity index (χ3n) is 9.92. The molecule has 3 aromatic carbocycles. The predicted molar refractivity (Wildman–Crippen MR) is 225 cm³/mol. The van der Waals surface area contributed by atoms with Gasteiger partial charge in [-0.1, -0.05) is 161 Å². The van der Waals surface area contributed by atoms with Crippen molar-refractivity contribution < 1.29 is 13.6 Å². The van der Waals surface area contributed by atoms with Crippen LogP contribution in [0.3, 0.4) is 0 Å². The summed E-state index contributed by atoms with van der Waals surface area (Å²) in [5.41, 5.74) is 10.2. The Morgan fingerprint density at radius 3 is 0.745 bits per heavy atom. The molecule has 3 rings (SSSR count). The smallest absolute Gasteiger partial charge is 0.271 e. The van der Waals surface area contributed by atoms with E-state index >= 15 is 0 Å². The van der Waals surface area contributed by atoms with Crippen molar-refractivity contribution in [1.82, 2.24) is 0 Å². The molecule has 0 atom stereocenters. The number of aryl methyl sites for hydroxylation is 3. The van der Waals surface area contributed by atoms with E-state index in [1.165, 1.54) is 33.4 Å². The van der Waals surface area contributed by atoms with Crippen molar-refractivity contribution in [2.24, 2.45) is 0 Å². The standard InChI is InChI=1S/C47H74O3P/c1-23-51(48-39-30(2)24-33(42(5,6)7)27-36(39)45(14,15)16,49-40-31(3)25-34(43(8,9)10)28-37(40)46(17,18)19)50-41-32(4)26-35(44(11,12)13)29-38(41)47(20,21)22/h24-29H,23H2,1-22H3/q+1. The van der Waals surface area contributed by atoms with E-state index in [9.17, 15) is 0 Å². The van der Waals surface area contributed by atoms with E-state index in [4.69, 9.17) is 13.6 Å². The Bertz CT molecular complexity index is 1520. The predicted octanol–water partition coefficient (Wildman–Crippen LogP) is 14.7. The van der Waals surface area contributed by atoms with E-state index in [-0.39, 0.29) is 32.5 Å². The molecule has 0 saturated carbocycles. The van der Waals surface area contributed by atoms with Crippen LogP contribution in [0.1, 0.15) is 182 Å². The summed E-state index contributed by atoms with van der Waals surface area (Å²) in [6.07, 6.45) is 0.561. The second kappa shape index (κ2) is 14.0. The highest BCUT2D eigenvalue weighted by atomic mass is 31.2. The molecule has 0 aromatic heterocycles. The Balaban J connectivity index is 2.50. The molecular weight excluding hydrogens is 643 g/mol. The molecule has 0 aliphatic heterocycles. The van der Waals surface area contributed by atoms with E-state index in [0.717, 1.165) is 33.9 Å². The van der Waals surface area contributed by atoms with Crippen LogP contribution in [0, 0.1) is 20.8 Å². The van der Waals surface area contributed by atoms with E-state index in [1.54, 1.807) is 0 Å². The largest absolute Gasteiger partial charge is 0.541 e. The molecule has 0 unspecified atom stereocenters. The molecule has 51 heavy (non-hydrogen) atoms. The van der Waals surface area contributed by atoms with Crippen molar-refractivity contribution >= 4 is 7.94 Å². The average molecular weight is 718 g/mol. The molecule has 0 saturated heterocycles. The molecule has 0 spiro atoms. The van der Waals surface area contributed by atoms with Gasteiger partial charge in [0.1, 0.15) is 0 Å². The van der Waals surface area contributed by atoms with Crippen LogP contribution in [0.2, 0.25) is 0 Å². The molecule has 0 radical (unpaired) electrons. The van der Waals surface area contributed by atoms with Gasteiger partial charge in [0, 0.05) is 16.7 Å². The molecule has 3 nitrogen and oxygen atoms in total. The first-order valence-corrected chi connectivity index (χ1v) is 20.9. The highest BCUT2D eigenvalue weighted by Crippen LogP contribution is 2.64. The zero-order chi connectivity index (χ0) is 39.5. The van der Waals surface area contributed by atoms with E-state index < -0.39 is 7.94 Å². The van der Waals surface area contributed by atoms with Crippen LogP contribution >= 0.6 is 7.94 Å². The Hall–Kier alpha value is -2.51. The average Bonchev–Trinajstić information content (AvgIpc) is 2.92. The topological polar surface area (TPSA) is 27.7 Å². The zero-order valence-corrected chi connectivity index (χ0v) is 37.7. The lowest BCUT2D eigenvalue weighted by Crippen LogP contribution is -2.26. The summed E-state index contributed by atoms with van der Waals surface area (Å²) in [6.45, 7) is 49.7. The fourth-order valence-electron chi connectivity index (χ4n) is 6.32. The monoisotopic (exact) mass is 718 g/mol. The van der Waals surface area contributed by atoms with Gasteiger partial charge >= 0.3 is 7.94 Å². The van der Waals surface area contributed by atoms with Gasteiger partial charge in [-0.25, -0.2) is 0 Å². The van der Waals surface area contributed by atoms with Gasteiger partial charge in [0.15, 0.2) is 23.4 Å². The number of rotatable bonds is 7. The van der Waals surface area contributed by atoms with Crippen LogP contribution in [0.25, 0.3) is 0 Å².